The second-order valence-electron chi connectivity index (χ2n) is 11.8. The van der Waals surface area contributed by atoms with Crippen molar-refractivity contribution in [2.24, 2.45) is 10.7 Å². The van der Waals surface area contributed by atoms with Crippen molar-refractivity contribution in [1.29, 1.82) is 5.26 Å². The van der Waals surface area contributed by atoms with E-state index in [0.29, 0.717) is 36.0 Å². The van der Waals surface area contributed by atoms with E-state index in [9.17, 15) is 10.1 Å². The van der Waals surface area contributed by atoms with Gasteiger partial charge < -0.3 is 20.1 Å². The standard InChI is InChI=1S/C31H38N8O3/c1-20(36-24-17-38(18-24)25-9-11-37(19-25)30(40)42-31(3,4)5)26(14-33)22-12-28(29-23(13-32)15-35-39(29)16-22)41-21(2)27-8-6-7-10-34-27/h6-8,10,12,14-16,21,24-25H,9,11,17-19,33H2,1-5H3/b26-14+,36-20?. The van der Waals surface area contributed by atoms with Gasteiger partial charge in [-0.2, -0.15) is 10.4 Å². The molecule has 0 bridgehead atoms. The number of ether oxygens (including phenoxy) is 2. The SMILES string of the molecule is CC(=NC1CN(C2CCN(C(=O)OC(C)(C)C)C2)C1)/C(=C\N)c1cc(OC(C)c2ccccn2)c2c(C#N)cnn2c1. The number of carbonyl (C=O) groups excluding carboxylic acids is 1. The summed E-state index contributed by atoms with van der Waals surface area (Å²) in [6, 6.07) is 10.2. The molecule has 0 saturated carbocycles. The molecular weight excluding hydrogens is 532 g/mol. The number of nitrogens with zero attached hydrogens (tertiary/aromatic N) is 7. The van der Waals surface area contributed by atoms with Crippen LogP contribution in [0.5, 0.6) is 5.75 Å². The third kappa shape index (κ3) is 6.24. The van der Waals surface area contributed by atoms with Crippen molar-refractivity contribution in [2.45, 2.75) is 64.8 Å². The van der Waals surface area contributed by atoms with Crippen LogP contribution in [0.4, 0.5) is 4.79 Å². The normalized spacial score (nSPS) is 19.4. The van der Waals surface area contributed by atoms with Crippen molar-refractivity contribution in [2.75, 3.05) is 26.2 Å². The molecule has 0 aromatic carbocycles. The molecule has 2 N–H and O–H groups in total. The Balaban J connectivity index is 1.29. The molecule has 11 nitrogen and oxygen atoms in total. The summed E-state index contributed by atoms with van der Waals surface area (Å²) in [6.07, 6.45) is 6.96. The van der Waals surface area contributed by atoms with Gasteiger partial charge in [0.05, 0.1) is 17.9 Å². The quantitative estimate of drug-likeness (QED) is 0.418. The Hall–Kier alpha value is -4.43. The number of hydrogen-bond acceptors (Lipinski definition) is 9. The first-order valence-electron chi connectivity index (χ1n) is 14.2. The topological polar surface area (TPSA) is 134 Å². The molecule has 2 fully saturated rings. The van der Waals surface area contributed by atoms with Gasteiger partial charge in [0.15, 0.2) is 0 Å². The molecule has 3 aromatic heterocycles. The predicted octanol–water partition coefficient (Wildman–Crippen LogP) is 4.20. The van der Waals surface area contributed by atoms with Gasteiger partial charge in [-0.1, -0.05) is 6.07 Å². The highest BCUT2D eigenvalue weighted by atomic mass is 16.6. The fraction of sp³-hybridized carbons (Fsp3) is 0.452. The number of pyridine rings is 2. The summed E-state index contributed by atoms with van der Waals surface area (Å²) >= 11 is 0. The number of aliphatic imine (C=N–C) groups is 1. The fourth-order valence-electron chi connectivity index (χ4n) is 5.44. The van der Waals surface area contributed by atoms with Crippen LogP contribution in [-0.2, 0) is 4.74 Å². The van der Waals surface area contributed by atoms with Crippen LogP contribution in [0.3, 0.4) is 0 Å². The molecule has 0 spiro atoms. The van der Waals surface area contributed by atoms with Crippen LogP contribution in [0.2, 0.25) is 0 Å². The van der Waals surface area contributed by atoms with Gasteiger partial charge in [-0.05, 0) is 59.2 Å². The van der Waals surface area contributed by atoms with Gasteiger partial charge in [-0.25, -0.2) is 9.31 Å². The lowest BCUT2D eigenvalue weighted by molar-refractivity contribution is 0.0262. The van der Waals surface area contributed by atoms with Gasteiger partial charge in [0.25, 0.3) is 0 Å². The fourth-order valence-corrected chi connectivity index (χ4v) is 5.44. The summed E-state index contributed by atoms with van der Waals surface area (Å²) in [5.41, 5.74) is 9.76. The highest BCUT2D eigenvalue weighted by Crippen LogP contribution is 2.32. The first-order valence-corrected chi connectivity index (χ1v) is 14.2. The van der Waals surface area contributed by atoms with Crippen LogP contribution in [0.15, 0.2) is 54.0 Å². The van der Waals surface area contributed by atoms with Crippen LogP contribution in [0, 0.1) is 11.3 Å². The largest absolute Gasteiger partial charge is 0.482 e. The summed E-state index contributed by atoms with van der Waals surface area (Å²) in [5, 5.41) is 14.1. The summed E-state index contributed by atoms with van der Waals surface area (Å²) in [6.45, 7) is 12.5. The first-order chi connectivity index (χ1) is 20.1. The minimum atomic E-state index is -0.498. The second-order valence-corrected chi connectivity index (χ2v) is 11.8. The number of nitriles is 1. The molecule has 2 unspecified atom stereocenters. The minimum Gasteiger partial charge on any atom is -0.482 e. The summed E-state index contributed by atoms with van der Waals surface area (Å²) in [7, 11) is 0. The molecule has 11 heteroatoms. The Bertz CT molecular complexity index is 1540. The van der Waals surface area contributed by atoms with E-state index in [0.717, 1.165) is 42.1 Å². The van der Waals surface area contributed by atoms with Gasteiger partial charge in [-0.3, -0.25) is 14.9 Å². The number of allylic oxidation sites excluding steroid dienone is 1. The lowest BCUT2D eigenvalue weighted by atomic mass is 10.0. The van der Waals surface area contributed by atoms with Crippen LogP contribution in [-0.4, -0.2) is 80.1 Å². The zero-order valence-corrected chi connectivity index (χ0v) is 24.8. The van der Waals surface area contributed by atoms with Gasteiger partial charge in [0.1, 0.15) is 34.6 Å². The number of rotatable bonds is 7. The molecule has 220 valence electrons. The third-order valence-electron chi connectivity index (χ3n) is 7.57. The number of likely N-dealkylation sites (tertiary alicyclic amines) is 2. The number of hydrogen-bond donors (Lipinski definition) is 1. The average molecular weight is 571 g/mol. The molecule has 2 atom stereocenters. The first kappa shape index (κ1) is 29.1. The third-order valence-corrected chi connectivity index (χ3v) is 7.57. The maximum atomic E-state index is 12.5. The Morgan fingerprint density at radius 2 is 2.07 bits per heavy atom. The molecule has 2 aliphatic heterocycles. The molecule has 1 amide bonds. The van der Waals surface area contributed by atoms with E-state index < -0.39 is 5.60 Å². The van der Waals surface area contributed by atoms with Gasteiger partial charge in [0, 0.05) is 67.7 Å². The van der Waals surface area contributed by atoms with Crippen LogP contribution in [0.25, 0.3) is 11.1 Å². The van der Waals surface area contributed by atoms with E-state index in [2.05, 4.69) is 21.1 Å². The molecule has 2 aliphatic rings. The smallest absolute Gasteiger partial charge is 0.410 e. The molecule has 2 saturated heterocycles. The number of carbonyl (C=O) groups is 1. The Labute approximate surface area is 246 Å². The van der Waals surface area contributed by atoms with Gasteiger partial charge >= 0.3 is 6.09 Å². The molecule has 5 heterocycles. The molecule has 5 rings (SSSR count). The highest BCUT2D eigenvalue weighted by Gasteiger charge is 2.38. The Kier molecular flexibility index (Phi) is 8.18. The average Bonchev–Trinajstić information content (AvgIpc) is 3.58. The van der Waals surface area contributed by atoms with Crippen molar-refractivity contribution < 1.29 is 14.3 Å². The van der Waals surface area contributed by atoms with Crippen LogP contribution < -0.4 is 10.5 Å². The van der Waals surface area contributed by atoms with Crippen molar-refractivity contribution in [3.8, 4) is 11.8 Å². The van der Waals surface area contributed by atoms with Gasteiger partial charge in [-0.15, -0.1) is 0 Å². The van der Waals surface area contributed by atoms with Crippen LogP contribution >= 0.6 is 0 Å². The maximum Gasteiger partial charge on any atom is 0.410 e. The lowest BCUT2D eigenvalue weighted by Gasteiger charge is -2.41. The van der Waals surface area contributed by atoms with Gasteiger partial charge in [0.2, 0.25) is 0 Å². The molecular formula is C31H38N8O3. The van der Waals surface area contributed by atoms with Crippen molar-refractivity contribution in [1.82, 2.24) is 24.4 Å². The van der Waals surface area contributed by atoms with E-state index in [4.69, 9.17) is 20.2 Å². The van der Waals surface area contributed by atoms with E-state index in [1.54, 1.807) is 21.8 Å². The van der Waals surface area contributed by atoms with Crippen molar-refractivity contribution in [3.05, 3.63) is 65.9 Å². The summed E-state index contributed by atoms with van der Waals surface area (Å²) in [4.78, 5) is 26.0. The zero-order valence-electron chi connectivity index (χ0n) is 24.8. The Morgan fingerprint density at radius 1 is 1.29 bits per heavy atom. The van der Waals surface area contributed by atoms with Crippen molar-refractivity contribution in [3.63, 3.8) is 0 Å². The Morgan fingerprint density at radius 3 is 2.74 bits per heavy atom. The van der Waals surface area contributed by atoms with E-state index in [1.807, 2.05) is 65.1 Å². The monoisotopic (exact) mass is 570 g/mol. The number of amides is 1. The second kappa shape index (κ2) is 11.8. The minimum absolute atomic E-state index is 0.133. The predicted molar refractivity (Wildman–Crippen MR) is 160 cm³/mol. The van der Waals surface area contributed by atoms with Crippen molar-refractivity contribution >= 4 is 22.9 Å². The molecule has 0 aliphatic carbocycles. The molecule has 0 radical (unpaired) electrons. The molecule has 3 aromatic rings. The van der Waals surface area contributed by atoms with E-state index >= 15 is 0 Å². The maximum absolute atomic E-state index is 12.5. The lowest BCUT2D eigenvalue weighted by Crippen LogP contribution is -2.55. The zero-order chi connectivity index (χ0) is 30.0. The number of nitrogens with two attached hydrogens (primary N) is 1. The number of aromatic nitrogens is 3. The summed E-state index contributed by atoms with van der Waals surface area (Å²) < 4.78 is 13.5. The van der Waals surface area contributed by atoms with E-state index in [1.165, 1.54) is 6.20 Å². The highest BCUT2D eigenvalue weighted by molar-refractivity contribution is 6.22. The summed E-state index contributed by atoms with van der Waals surface area (Å²) in [5.74, 6) is 0.512. The number of fused-ring (bicyclic) bond motifs is 1. The van der Waals surface area contributed by atoms with E-state index in [-0.39, 0.29) is 18.2 Å². The van der Waals surface area contributed by atoms with Crippen LogP contribution in [0.1, 0.15) is 64.0 Å². The molecule has 42 heavy (non-hydrogen) atoms.